The van der Waals surface area contributed by atoms with Gasteiger partial charge in [0.25, 0.3) is 5.91 Å². The van der Waals surface area contributed by atoms with Crippen molar-refractivity contribution in [3.63, 3.8) is 0 Å². The van der Waals surface area contributed by atoms with Crippen molar-refractivity contribution in [2.45, 2.75) is 6.92 Å². The molecule has 1 rings (SSSR count). The molecule has 0 N–H and O–H groups in total. The van der Waals surface area contributed by atoms with Gasteiger partial charge in [-0.3, -0.25) is 4.79 Å². The van der Waals surface area contributed by atoms with Crippen LogP contribution in [0.5, 0.6) is 0 Å². The number of ether oxygens (including phenoxy) is 1. The summed E-state index contributed by atoms with van der Waals surface area (Å²) in [6.07, 6.45) is 2.38. The Kier molecular flexibility index (Phi) is 2.25. The zero-order chi connectivity index (χ0) is 8.27. The summed E-state index contributed by atoms with van der Waals surface area (Å²) in [6, 6.07) is 0. The number of amides is 2. The average molecular weight is 155 g/mol. The molecule has 2 amide bonds. The summed E-state index contributed by atoms with van der Waals surface area (Å²) in [5.41, 5.74) is 0. The average Bonchev–Trinajstić information content (AvgIpc) is 2.36. The number of rotatable bonds is 1. The van der Waals surface area contributed by atoms with Crippen LogP contribution in [0.1, 0.15) is 6.92 Å². The van der Waals surface area contributed by atoms with Crippen molar-refractivity contribution in [1.29, 1.82) is 0 Å². The maximum absolute atomic E-state index is 11.0. The van der Waals surface area contributed by atoms with Crippen molar-refractivity contribution >= 4 is 12.0 Å². The fourth-order valence-corrected chi connectivity index (χ4v) is 0.826. The van der Waals surface area contributed by atoms with Gasteiger partial charge in [0, 0.05) is 0 Å². The van der Waals surface area contributed by atoms with Gasteiger partial charge < -0.3 is 4.74 Å². The standard InChI is InChI=1S/C7H9NO3/c1-2-3-6(9)8-4-5-11-7(8)10/h2-3H,4-5H2,1H3/b3-2-. The third-order valence-corrected chi connectivity index (χ3v) is 1.34. The zero-order valence-corrected chi connectivity index (χ0v) is 6.24. The summed E-state index contributed by atoms with van der Waals surface area (Å²) in [5, 5.41) is 0. The van der Waals surface area contributed by atoms with E-state index in [9.17, 15) is 9.59 Å². The zero-order valence-electron chi connectivity index (χ0n) is 6.24. The molecule has 1 saturated heterocycles. The van der Waals surface area contributed by atoms with E-state index >= 15 is 0 Å². The highest BCUT2D eigenvalue weighted by Gasteiger charge is 2.26. The first-order valence-corrected chi connectivity index (χ1v) is 3.36. The summed E-state index contributed by atoms with van der Waals surface area (Å²) in [6.45, 7) is 2.39. The summed E-state index contributed by atoms with van der Waals surface area (Å²) in [5.74, 6) is -0.310. The van der Waals surface area contributed by atoms with Crippen LogP contribution >= 0.6 is 0 Å². The van der Waals surface area contributed by atoms with Crippen LogP contribution in [-0.4, -0.2) is 30.1 Å². The third-order valence-electron chi connectivity index (χ3n) is 1.34. The van der Waals surface area contributed by atoms with Crippen LogP contribution in [0.2, 0.25) is 0 Å². The predicted octanol–water partition coefficient (Wildman–Crippen LogP) is 0.541. The van der Waals surface area contributed by atoms with Gasteiger partial charge in [-0.1, -0.05) is 6.08 Å². The number of nitrogens with zero attached hydrogens (tertiary/aromatic N) is 1. The minimum atomic E-state index is -0.548. The predicted molar refractivity (Wildman–Crippen MR) is 37.9 cm³/mol. The van der Waals surface area contributed by atoms with Gasteiger partial charge in [0.15, 0.2) is 0 Å². The molecule has 0 aromatic heterocycles. The monoisotopic (exact) mass is 155 g/mol. The summed E-state index contributed by atoms with van der Waals surface area (Å²) in [4.78, 5) is 22.8. The molecule has 0 atom stereocenters. The third kappa shape index (κ3) is 1.58. The number of hydrogen-bond acceptors (Lipinski definition) is 3. The fraction of sp³-hybridized carbons (Fsp3) is 0.429. The van der Waals surface area contributed by atoms with Crippen molar-refractivity contribution in [3.05, 3.63) is 12.2 Å². The Hall–Kier alpha value is -1.32. The van der Waals surface area contributed by atoms with Gasteiger partial charge >= 0.3 is 6.09 Å². The molecule has 1 heterocycles. The van der Waals surface area contributed by atoms with Gasteiger partial charge in [0.2, 0.25) is 0 Å². The van der Waals surface area contributed by atoms with Crippen molar-refractivity contribution in [3.8, 4) is 0 Å². The number of carbonyl (C=O) groups excluding carboxylic acids is 2. The van der Waals surface area contributed by atoms with E-state index in [-0.39, 0.29) is 5.91 Å². The minimum Gasteiger partial charge on any atom is -0.447 e. The smallest absolute Gasteiger partial charge is 0.416 e. The van der Waals surface area contributed by atoms with Crippen molar-refractivity contribution in [2.24, 2.45) is 0 Å². The Labute approximate surface area is 64.4 Å². The molecule has 0 spiro atoms. The van der Waals surface area contributed by atoms with Crippen LogP contribution < -0.4 is 0 Å². The van der Waals surface area contributed by atoms with E-state index in [1.165, 1.54) is 6.08 Å². The normalized spacial score (nSPS) is 17.5. The lowest BCUT2D eigenvalue weighted by molar-refractivity contribution is -0.122. The van der Waals surface area contributed by atoms with Crippen molar-refractivity contribution in [1.82, 2.24) is 4.90 Å². The summed E-state index contributed by atoms with van der Waals surface area (Å²) in [7, 11) is 0. The molecule has 1 fully saturated rings. The van der Waals surface area contributed by atoms with Gasteiger partial charge in [-0.25, -0.2) is 9.69 Å². The first-order chi connectivity index (χ1) is 5.25. The van der Waals surface area contributed by atoms with Crippen LogP contribution in [0, 0.1) is 0 Å². The van der Waals surface area contributed by atoms with Gasteiger partial charge in [-0.2, -0.15) is 0 Å². The molecule has 0 radical (unpaired) electrons. The molecule has 1 aliphatic rings. The van der Waals surface area contributed by atoms with Gasteiger partial charge in [-0.05, 0) is 13.0 Å². The van der Waals surface area contributed by atoms with Gasteiger partial charge in [-0.15, -0.1) is 0 Å². The molecule has 60 valence electrons. The van der Waals surface area contributed by atoms with Crippen LogP contribution in [0.4, 0.5) is 4.79 Å². The molecule has 0 aliphatic carbocycles. The highest BCUT2D eigenvalue weighted by atomic mass is 16.6. The molecule has 0 bridgehead atoms. The first-order valence-electron chi connectivity index (χ1n) is 3.36. The fourth-order valence-electron chi connectivity index (χ4n) is 0.826. The number of allylic oxidation sites excluding steroid dienone is 1. The lowest BCUT2D eigenvalue weighted by Gasteiger charge is -2.05. The summed E-state index contributed by atoms with van der Waals surface area (Å²) >= 11 is 0. The number of hydrogen-bond donors (Lipinski definition) is 0. The van der Waals surface area contributed by atoms with E-state index in [1.807, 2.05) is 0 Å². The first kappa shape index (κ1) is 7.78. The van der Waals surface area contributed by atoms with E-state index < -0.39 is 6.09 Å². The second-order valence-corrected chi connectivity index (χ2v) is 2.10. The molecule has 0 saturated carbocycles. The largest absolute Gasteiger partial charge is 0.447 e. The molecule has 4 heteroatoms. The maximum Gasteiger partial charge on any atom is 0.416 e. The van der Waals surface area contributed by atoms with E-state index in [0.717, 1.165) is 4.90 Å². The second kappa shape index (κ2) is 3.18. The number of carbonyl (C=O) groups is 2. The maximum atomic E-state index is 11.0. The molecule has 1 aliphatic heterocycles. The highest BCUT2D eigenvalue weighted by Crippen LogP contribution is 2.03. The minimum absolute atomic E-state index is 0.308. The molecule has 11 heavy (non-hydrogen) atoms. The van der Waals surface area contributed by atoms with Crippen molar-refractivity contribution < 1.29 is 14.3 Å². The molecule has 4 nitrogen and oxygen atoms in total. The van der Waals surface area contributed by atoms with E-state index in [0.29, 0.717) is 13.2 Å². The Bertz CT molecular complexity index is 210. The van der Waals surface area contributed by atoms with Crippen LogP contribution in [-0.2, 0) is 9.53 Å². The lowest BCUT2D eigenvalue weighted by Crippen LogP contribution is -2.29. The van der Waals surface area contributed by atoms with E-state index in [4.69, 9.17) is 0 Å². The van der Waals surface area contributed by atoms with E-state index in [2.05, 4.69) is 4.74 Å². The molecular weight excluding hydrogens is 146 g/mol. The second-order valence-electron chi connectivity index (χ2n) is 2.10. The van der Waals surface area contributed by atoms with Crippen LogP contribution in [0.15, 0.2) is 12.2 Å². The van der Waals surface area contributed by atoms with Crippen molar-refractivity contribution in [2.75, 3.05) is 13.2 Å². The highest BCUT2D eigenvalue weighted by molar-refractivity contribution is 5.99. The molecule has 0 unspecified atom stereocenters. The quantitative estimate of drug-likeness (QED) is 0.519. The van der Waals surface area contributed by atoms with Gasteiger partial charge in [0.1, 0.15) is 6.61 Å². The Morgan fingerprint density at radius 1 is 1.73 bits per heavy atom. The molecular formula is C7H9NO3. The van der Waals surface area contributed by atoms with Crippen LogP contribution in [0.25, 0.3) is 0 Å². The SMILES string of the molecule is C/C=C\C(=O)N1CCOC1=O. The van der Waals surface area contributed by atoms with Gasteiger partial charge in [0.05, 0.1) is 6.54 Å². The summed E-state index contributed by atoms with van der Waals surface area (Å²) < 4.78 is 4.57. The Morgan fingerprint density at radius 3 is 2.91 bits per heavy atom. The molecule has 0 aromatic carbocycles. The van der Waals surface area contributed by atoms with E-state index in [1.54, 1.807) is 13.0 Å². The number of cyclic esters (lactones) is 1. The Morgan fingerprint density at radius 2 is 2.45 bits per heavy atom. The lowest BCUT2D eigenvalue weighted by atomic mass is 10.4. The molecule has 0 aromatic rings. The van der Waals surface area contributed by atoms with Crippen LogP contribution in [0.3, 0.4) is 0 Å². The topological polar surface area (TPSA) is 46.6 Å². The Balaban J connectivity index is 2.59. The number of imide groups is 1.